The highest BCUT2D eigenvalue weighted by Gasteiger charge is 2.07. The van der Waals surface area contributed by atoms with Crippen LogP contribution in [0.2, 0.25) is 0 Å². The summed E-state index contributed by atoms with van der Waals surface area (Å²) in [4.78, 5) is 0. The Balaban J connectivity index is 1.96. The van der Waals surface area contributed by atoms with Gasteiger partial charge in [0.15, 0.2) is 0 Å². The standard InChI is InChI=1S/C16H21NO2/c1-4-17-10-16-13(3)9-15(19-16)11-18-14-7-5-6-12(2)8-14/h5-9,17H,4,10-11H2,1-3H3. The lowest BCUT2D eigenvalue weighted by molar-refractivity contribution is 0.265. The molecule has 1 aromatic heterocycles. The number of ether oxygens (including phenoxy) is 1. The molecule has 2 rings (SSSR count). The van der Waals surface area contributed by atoms with Gasteiger partial charge >= 0.3 is 0 Å². The van der Waals surface area contributed by atoms with Crippen molar-refractivity contribution >= 4 is 0 Å². The Morgan fingerprint density at radius 3 is 2.79 bits per heavy atom. The second-order valence-electron chi connectivity index (χ2n) is 4.70. The van der Waals surface area contributed by atoms with Gasteiger partial charge in [0.25, 0.3) is 0 Å². The second kappa shape index (κ2) is 6.43. The molecule has 0 unspecified atom stereocenters. The predicted octanol–water partition coefficient (Wildman–Crippen LogP) is 3.58. The molecular weight excluding hydrogens is 238 g/mol. The van der Waals surface area contributed by atoms with E-state index in [0.717, 1.165) is 30.4 Å². The first-order valence-corrected chi connectivity index (χ1v) is 6.67. The average Bonchev–Trinajstić information content (AvgIpc) is 2.75. The lowest BCUT2D eigenvalue weighted by Gasteiger charge is -2.04. The monoisotopic (exact) mass is 259 g/mol. The molecule has 0 aliphatic heterocycles. The van der Waals surface area contributed by atoms with Gasteiger partial charge in [0, 0.05) is 0 Å². The van der Waals surface area contributed by atoms with Crippen molar-refractivity contribution in [2.75, 3.05) is 6.54 Å². The van der Waals surface area contributed by atoms with E-state index in [0.29, 0.717) is 6.61 Å². The Kier molecular flexibility index (Phi) is 4.63. The Hall–Kier alpha value is -1.74. The van der Waals surface area contributed by atoms with Crippen molar-refractivity contribution in [3.05, 3.63) is 53.0 Å². The van der Waals surface area contributed by atoms with E-state index >= 15 is 0 Å². The van der Waals surface area contributed by atoms with Gasteiger partial charge in [-0.3, -0.25) is 0 Å². The number of aryl methyl sites for hydroxylation is 2. The zero-order chi connectivity index (χ0) is 13.7. The fourth-order valence-corrected chi connectivity index (χ4v) is 1.93. The largest absolute Gasteiger partial charge is 0.486 e. The van der Waals surface area contributed by atoms with Crippen molar-refractivity contribution in [2.24, 2.45) is 0 Å². The molecule has 3 nitrogen and oxygen atoms in total. The summed E-state index contributed by atoms with van der Waals surface area (Å²) in [6, 6.07) is 10.1. The summed E-state index contributed by atoms with van der Waals surface area (Å²) in [6.07, 6.45) is 0. The summed E-state index contributed by atoms with van der Waals surface area (Å²) in [5, 5.41) is 3.27. The molecule has 0 aliphatic carbocycles. The summed E-state index contributed by atoms with van der Waals surface area (Å²) >= 11 is 0. The number of nitrogens with one attached hydrogen (secondary N) is 1. The molecule has 0 aliphatic rings. The quantitative estimate of drug-likeness (QED) is 0.861. The molecule has 3 heteroatoms. The van der Waals surface area contributed by atoms with Crippen molar-refractivity contribution < 1.29 is 9.15 Å². The molecule has 0 saturated carbocycles. The van der Waals surface area contributed by atoms with Crippen LogP contribution in [-0.4, -0.2) is 6.54 Å². The third-order valence-corrected chi connectivity index (χ3v) is 2.98. The van der Waals surface area contributed by atoms with Gasteiger partial charge in [0.2, 0.25) is 0 Å². The minimum Gasteiger partial charge on any atom is -0.486 e. The van der Waals surface area contributed by atoms with Gasteiger partial charge in [-0.1, -0.05) is 19.1 Å². The van der Waals surface area contributed by atoms with E-state index < -0.39 is 0 Å². The Morgan fingerprint density at radius 1 is 1.21 bits per heavy atom. The molecule has 0 spiro atoms. The van der Waals surface area contributed by atoms with Gasteiger partial charge in [0.05, 0.1) is 6.54 Å². The van der Waals surface area contributed by atoms with Crippen LogP contribution in [0.3, 0.4) is 0 Å². The lowest BCUT2D eigenvalue weighted by atomic mass is 10.2. The summed E-state index contributed by atoms with van der Waals surface area (Å²) in [5.74, 6) is 2.74. The fourth-order valence-electron chi connectivity index (χ4n) is 1.93. The van der Waals surface area contributed by atoms with Crippen LogP contribution < -0.4 is 10.1 Å². The summed E-state index contributed by atoms with van der Waals surface area (Å²) in [6.45, 7) is 8.38. The molecule has 0 radical (unpaired) electrons. The third kappa shape index (κ3) is 3.86. The van der Waals surface area contributed by atoms with Crippen LogP contribution in [0.15, 0.2) is 34.7 Å². The van der Waals surface area contributed by atoms with Crippen LogP contribution in [-0.2, 0) is 13.2 Å². The highest BCUT2D eigenvalue weighted by molar-refractivity contribution is 5.28. The van der Waals surface area contributed by atoms with Crippen molar-refractivity contribution in [1.29, 1.82) is 0 Å². The highest BCUT2D eigenvalue weighted by Crippen LogP contribution is 2.18. The number of rotatable bonds is 6. The maximum absolute atomic E-state index is 5.78. The molecule has 0 atom stereocenters. The Morgan fingerprint density at radius 2 is 2.05 bits per heavy atom. The highest BCUT2D eigenvalue weighted by atomic mass is 16.5. The average molecular weight is 259 g/mol. The lowest BCUT2D eigenvalue weighted by Crippen LogP contribution is -2.11. The molecule has 1 N–H and O–H groups in total. The van der Waals surface area contributed by atoms with E-state index in [1.165, 1.54) is 11.1 Å². The maximum atomic E-state index is 5.78. The van der Waals surface area contributed by atoms with Gasteiger partial charge in [-0.05, 0) is 49.7 Å². The van der Waals surface area contributed by atoms with Crippen LogP contribution in [0.5, 0.6) is 5.75 Å². The molecule has 2 aromatic rings. The fraction of sp³-hybridized carbons (Fsp3) is 0.375. The first-order chi connectivity index (χ1) is 9.19. The maximum Gasteiger partial charge on any atom is 0.146 e. The van der Waals surface area contributed by atoms with Crippen LogP contribution in [0, 0.1) is 13.8 Å². The summed E-state index contributed by atoms with van der Waals surface area (Å²) in [5.41, 5.74) is 2.37. The number of hydrogen-bond donors (Lipinski definition) is 1. The molecule has 0 bridgehead atoms. The van der Waals surface area contributed by atoms with Gasteiger partial charge < -0.3 is 14.5 Å². The van der Waals surface area contributed by atoms with E-state index in [1.807, 2.05) is 24.3 Å². The smallest absolute Gasteiger partial charge is 0.146 e. The van der Waals surface area contributed by atoms with Crippen LogP contribution in [0.25, 0.3) is 0 Å². The van der Waals surface area contributed by atoms with E-state index in [4.69, 9.17) is 9.15 Å². The van der Waals surface area contributed by atoms with Crippen LogP contribution >= 0.6 is 0 Å². The second-order valence-corrected chi connectivity index (χ2v) is 4.70. The van der Waals surface area contributed by atoms with Crippen molar-refractivity contribution in [3.8, 4) is 5.75 Å². The molecule has 0 fully saturated rings. The number of benzene rings is 1. The zero-order valence-corrected chi connectivity index (χ0v) is 11.8. The third-order valence-electron chi connectivity index (χ3n) is 2.98. The molecule has 0 saturated heterocycles. The molecule has 102 valence electrons. The van der Waals surface area contributed by atoms with E-state index in [9.17, 15) is 0 Å². The SMILES string of the molecule is CCNCc1oc(COc2cccc(C)c2)cc1C. The molecule has 1 heterocycles. The molecule has 19 heavy (non-hydrogen) atoms. The van der Waals surface area contributed by atoms with Crippen LogP contribution in [0.4, 0.5) is 0 Å². The minimum atomic E-state index is 0.469. The van der Waals surface area contributed by atoms with E-state index in [-0.39, 0.29) is 0 Å². The number of hydrogen-bond acceptors (Lipinski definition) is 3. The first kappa shape index (κ1) is 13.7. The van der Waals surface area contributed by atoms with Gasteiger partial charge in [-0.25, -0.2) is 0 Å². The topological polar surface area (TPSA) is 34.4 Å². The predicted molar refractivity (Wildman–Crippen MR) is 76.3 cm³/mol. The van der Waals surface area contributed by atoms with Crippen molar-refractivity contribution in [2.45, 2.75) is 33.9 Å². The first-order valence-electron chi connectivity index (χ1n) is 6.67. The van der Waals surface area contributed by atoms with Crippen LogP contribution in [0.1, 0.15) is 29.6 Å². The Bertz CT molecular complexity index is 531. The van der Waals surface area contributed by atoms with Gasteiger partial charge in [0.1, 0.15) is 23.9 Å². The zero-order valence-electron chi connectivity index (χ0n) is 11.8. The van der Waals surface area contributed by atoms with Gasteiger partial charge in [-0.2, -0.15) is 0 Å². The van der Waals surface area contributed by atoms with E-state index in [2.05, 4.69) is 32.2 Å². The van der Waals surface area contributed by atoms with Crippen molar-refractivity contribution in [1.82, 2.24) is 5.32 Å². The molecule has 0 amide bonds. The minimum absolute atomic E-state index is 0.469. The number of furan rings is 1. The molecule has 1 aromatic carbocycles. The summed E-state index contributed by atoms with van der Waals surface area (Å²) in [7, 11) is 0. The molecular formula is C16H21NO2. The Labute approximate surface area is 114 Å². The summed E-state index contributed by atoms with van der Waals surface area (Å²) < 4.78 is 11.5. The van der Waals surface area contributed by atoms with E-state index in [1.54, 1.807) is 0 Å². The van der Waals surface area contributed by atoms with Gasteiger partial charge in [-0.15, -0.1) is 0 Å². The normalized spacial score (nSPS) is 10.7. The van der Waals surface area contributed by atoms with Crippen molar-refractivity contribution in [3.63, 3.8) is 0 Å².